The Bertz CT molecular complexity index is 1020. The zero-order valence-corrected chi connectivity index (χ0v) is 15.8. The predicted octanol–water partition coefficient (Wildman–Crippen LogP) is 3.20. The number of carbonyl (C=O) groups is 1. The first-order valence-corrected chi connectivity index (χ1v) is 9.91. The molecule has 0 aliphatic carbocycles. The summed E-state index contributed by atoms with van der Waals surface area (Å²) in [7, 11) is 0. The molecule has 0 bridgehead atoms. The number of fused-ring (bicyclic) bond motifs is 4. The third kappa shape index (κ3) is 2.99. The number of aromatic nitrogens is 2. The predicted molar refractivity (Wildman–Crippen MR) is 107 cm³/mol. The molecule has 0 radical (unpaired) electrons. The van der Waals surface area contributed by atoms with Gasteiger partial charge in [-0.25, -0.2) is 4.98 Å². The van der Waals surface area contributed by atoms with Crippen molar-refractivity contribution in [3.8, 4) is 17.0 Å². The van der Waals surface area contributed by atoms with Gasteiger partial charge in [-0.3, -0.25) is 14.3 Å². The van der Waals surface area contributed by atoms with Gasteiger partial charge >= 0.3 is 0 Å². The fraction of sp³-hybridized carbons (Fsp3) is 0.364. The lowest BCUT2D eigenvalue weighted by atomic mass is 10.1. The van der Waals surface area contributed by atoms with Gasteiger partial charge < -0.3 is 9.47 Å². The van der Waals surface area contributed by atoms with E-state index in [1.807, 2.05) is 36.4 Å². The molecule has 1 fully saturated rings. The first kappa shape index (κ1) is 17.4. The molecule has 6 heteroatoms. The minimum Gasteiger partial charge on any atom is -0.492 e. The number of hydrogen-bond acceptors (Lipinski definition) is 5. The first-order chi connectivity index (χ1) is 13.8. The van der Waals surface area contributed by atoms with E-state index in [2.05, 4.69) is 9.88 Å². The molecule has 0 amide bonds. The van der Waals surface area contributed by atoms with E-state index >= 15 is 0 Å². The van der Waals surface area contributed by atoms with Crippen molar-refractivity contribution in [2.24, 2.45) is 0 Å². The molecular weight excluding hydrogens is 354 g/mol. The van der Waals surface area contributed by atoms with Gasteiger partial charge in [-0.05, 0) is 43.7 Å². The van der Waals surface area contributed by atoms with Gasteiger partial charge in [-0.1, -0.05) is 12.1 Å². The second-order valence-corrected chi connectivity index (χ2v) is 7.26. The Morgan fingerprint density at radius 2 is 1.93 bits per heavy atom. The number of benzene rings is 1. The summed E-state index contributed by atoms with van der Waals surface area (Å²) in [5.41, 5.74) is 2.96. The van der Waals surface area contributed by atoms with Gasteiger partial charge in [-0.15, -0.1) is 0 Å². The average Bonchev–Trinajstić information content (AvgIpc) is 3.31. The normalized spacial score (nSPS) is 16.4. The standard InChI is InChI=1S/C22H23N3O3/c26-22-20-19(18-8-5-10-25(18)22)21(16-6-1-2-7-17(16)23-20)28-13-4-3-9-24-11-14-27-15-12-24/h1-2,5-8,10H,3-4,9,11-15H2. The molecule has 4 heterocycles. The van der Waals surface area contributed by atoms with Crippen molar-refractivity contribution in [3.05, 3.63) is 48.3 Å². The Labute approximate surface area is 163 Å². The van der Waals surface area contributed by atoms with Crippen molar-refractivity contribution in [2.45, 2.75) is 12.8 Å². The molecular formula is C22H23N3O3. The molecule has 0 spiro atoms. The lowest BCUT2D eigenvalue weighted by Crippen LogP contribution is -2.36. The summed E-state index contributed by atoms with van der Waals surface area (Å²) in [4.78, 5) is 19.8. The Hall–Kier alpha value is -2.70. The largest absolute Gasteiger partial charge is 0.492 e. The van der Waals surface area contributed by atoms with Crippen LogP contribution in [0.25, 0.3) is 22.2 Å². The number of morpholine rings is 1. The van der Waals surface area contributed by atoms with Crippen molar-refractivity contribution in [3.63, 3.8) is 0 Å². The van der Waals surface area contributed by atoms with E-state index in [0.717, 1.165) is 73.6 Å². The maximum Gasteiger partial charge on any atom is 0.281 e. The van der Waals surface area contributed by atoms with Gasteiger partial charge in [-0.2, -0.15) is 0 Å². The lowest BCUT2D eigenvalue weighted by molar-refractivity contribution is 0.0368. The minimum absolute atomic E-state index is 0.0853. The van der Waals surface area contributed by atoms with Crippen LogP contribution in [0.1, 0.15) is 23.3 Å². The smallest absolute Gasteiger partial charge is 0.281 e. The number of rotatable bonds is 6. The number of hydrogen-bond donors (Lipinski definition) is 0. The molecule has 0 unspecified atom stereocenters. The van der Waals surface area contributed by atoms with Crippen molar-refractivity contribution >= 4 is 16.8 Å². The maximum absolute atomic E-state index is 12.7. The zero-order valence-electron chi connectivity index (χ0n) is 15.8. The van der Waals surface area contributed by atoms with Crippen molar-refractivity contribution in [2.75, 3.05) is 39.5 Å². The second kappa shape index (κ2) is 7.37. The number of para-hydroxylation sites is 1. The molecule has 1 saturated heterocycles. The highest BCUT2D eigenvalue weighted by atomic mass is 16.5. The summed E-state index contributed by atoms with van der Waals surface area (Å²) >= 11 is 0. The van der Waals surface area contributed by atoms with Crippen LogP contribution in [0.15, 0.2) is 42.6 Å². The molecule has 1 aromatic carbocycles. The van der Waals surface area contributed by atoms with E-state index < -0.39 is 0 Å². The second-order valence-electron chi connectivity index (χ2n) is 7.26. The molecule has 2 aromatic heterocycles. The summed E-state index contributed by atoms with van der Waals surface area (Å²) in [6.07, 6.45) is 3.84. The third-order valence-corrected chi connectivity index (χ3v) is 5.49. The van der Waals surface area contributed by atoms with E-state index in [1.54, 1.807) is 10.8 Å². The maximum atomic E-state index is 12.7. The van der Waals surface area contributed by atoms with Crippen LogP contribution in [0.5, 0.6) is 5.75 Å². The van der Waals surface area contributed by atoms with E-state index in [0.29, 0.717) is 12.3 Å². The molecule has 2 aliphatic heterocycles. The number of pyridine rings is 1. The highest BCUT2D eigenvalue weighted by Crippen LogP contribution is 2.42. The molecule has 3 aromatic rings. The summed E-state index contributed by atoms with van der Waals surface area (Å²) in [6, 6.07) is 11.7. The fourth-order valence-corrected chi connectivity index (χ4v) is 4.04. The fourth-order valence-electron chi connectivity index (χ4n) is 4.04. The summed E-state index contributed by atoms with van der Waals surface area (Å²) in [6.45, 7) is 5.40. The SMILES string of the molecule is O=C1c2nc3ccccc3c(OCCCCN3CCOCC3)c2-c2cccn21. The molecule has 0 saturated carbocycles. The van der Waals surface area contributed by atoms with E-state index in [1.165, 1.54) is 0 Å². The van der Waals surface area contributed by atoms with Gasteiger partial charge in [0.2, 0.25) is 0 Å². The summed E-state index contributed by atoms with van der Waals surface area (Å²) < 4.78 is 13.3. The van der Waals surface area contributed by atoms with Crippen molar-refractivity contribution < 1.29 is 14.3 Å². The van der Waals surface area contributed by atoms with Crippen molar-refractivity contribution in [1.82, 2.24) is 14.5 Å². The van der Waals surface area contributed by atoms with Gasteiger partial charge in [0.05, 0.1) is 36.6 Å². The first-order valence-electron chi connectivity index (χ1n) is 9.91. The monoisotopic (exact) mass is 377 g/mol. The van der Waals surface area contributed by atoms with Crippen LogP contribution in [0, 0.1) is 0 Å². The number of unbranched alkanes of at least 4 members (excludes halogenated alkanes) is 1. The van der Waals surface area contributed by atoms with Crippen molar-refractivity contribution in [1.29, 1.82) is 0 Å². The quantitative estimate of drug-likeness (QED) is 0.483. The minimum atomic E-state index is -0.0853. The Balaban J connectivity index is 1.37. The number of ether oxygens (including phenoxy) is 2. The van der Waals surface area contributed by atoms with Crippen LogP contribution in [0.3, 0.4) is 0 Å². The topological polar surface area (TPSA) is 56.6 Å². The van der Waals surface area contributed by atoms with Gasteiger partial charge in [0.1, 0.15) is 11.4 Å². The van der Waals surface area contributed by atoms with Crippen LogP contribution in [0.4, 0.5) is 0 Å². The van der Waals surface area contributed by atoms with Gasteiger partial charge in [0, 0.05) is 24.7 Å². The van der Waals surface area contributed by atoms with Crippen LogP contribution in [0.2, 0.25) is 0 Å². The van der Waals surface area contributed by atoms with Crippen LogP contribution in [-0.2, 0) is 4.74 Å². The van der Waals surface area contributed by atoms with Crippen LogP contribution < -0.4 is 4.74 Å². The third-order valence-electron chi connectivity index (χ3n) is 5.49. The van der Waals surface area contributed by atoms with Gasteiger partial charge in [0.25, 0.3) is 5.91 Å². The van der Waals surface area contributed by atoms with E-state index in [4.69, 9.17) is 9.47 Å². The van der Waals surface area contributed by atoms with Crippen LogP contribution in [-0.4, -0.2) is 59.8 Å². The highest BCUT2D eigenvalue weighted by molar-refractivity contribution is 6.12. The summed E-state index contributed by atoms with van der Waals surface area (Å²) in [5, 5.41) is 0.955. The molecule has 2 aliphatic rings. The molecule has 6 nitrogen and oxygen atoms in total. The van der Waals surface area contributed by atoms with Crippen LogP contribution >= 0.6 is 0 Å². The number of carbonyl (C=O) groups excluding carboxylic acids is 1. The molecule has 0 atom stereocenters. The molecule has 5 rings (SSSR count). The number of nitrogens with zero attached hydrogens (tertiary/aromatic N) is 3. The zero-order chi connectivity index (χ0) is 18.9. The molecule has 144 valence electrons. The Kier molecular flexibility index (Phi) is 4.58. The average molecular weight is 377 g/mol. The van der Waals surface area contributed by atoms with Gasteiger partial charge in [0.15, 0.2) is 0 Å². The van der Waals surface area contributed by atoms with E-state index in [9.17, 15) is 4.79 Å². The lowest BCUT2D eigenvalue weighted by Gasteiger charge is -2.26. The Morgan fingerprint density at radius 3 is 2.82 bits per heavy atom. The summed E-state index contributed by atoms with van der Waals surface area (Å²) in [5.74, 6) is 0.690. The van der Waals surface area contributed by atoms with E-state index in [-0.39, 0.29) is 5.91 Å². The highest BCUT2D eigenvalue weighted by Gasteiger charge is 2.32. The Morgan fingerprint density at radius 1 is 1.07 bits per heavy atom. The molecule has 0 N–H and O–H groups in total. The molecule has 28 heavy (non-hydrogen) atoms.